The molecule has 108 valence electrons. The fourth-order valence-corrected chi connectivity index (χ4v) is 3.47. The number of rotatable bonds is 6. The lowest BCUT2D eigenvalue weighted by Crippen LogP contribution is -2.41. The van der Waals surface area contributed by atoms with Gasteiger partial charge in [0.05, 0.1) is 11.2 Å². The Hall–Kier alpha value is -0.450. The van der Waals surface area contributed by atoms with Crippen molar-refractivity contribution in [2.45, 2.75) is 52.5 Å². The zero-order chi connectivity index (χ0) is 13.7. The van der Waals surface area contributed by atoms with Gasteiger partial charge in [-0.2, -0.15) is 0 Å². The van der Waals surface area contributed by atoms with Gasteiger partial charge >= 0.3 is 0 Å². The van der Waals surface area contributed by atoms with Gasteiger partial charge in [0, 0.05) is 30.7 Å². The molecule has 1 fully saturated rings. The number of hydrogen-bond acceptors (Lipinski definition) is 4. The van der Waals surface area contributed by atoms with Gasteiger partial charge in [-0.3, -0.25) is 0 Å². The molecule has 0 radical (unpaired) electrons. The van der Waals surface area contributed by atoms with Crippen molar-refractivity contribution in [2.75, 3.05) is 19.8 Å². The molecule has 0 spiro atoms. The lowest BCUT2D eigenvalue weighted by Gasteiger charge is -2.38. The summed E-state index contributed by atoms with van der Waals surface area (Å²) in [5.74, 6) is 0. The van der Waals surface area contributed by atoms with Crippen molar-refractivity contribution in [3.63, 3.8) is 0 Å². The third-order valence-electron chi connectivity index (χ3n) is 4.17. The zero-order valence-corrected chi connectivity index (χ0v) is 13.2. The minimum atomic E-state index is 0.416. The molecule has 0 unspecified atom stereocenters. The highest BCUT2D eigenvalue weighted by atomic mass is 32.1. The lowest BCUT2D eigenvalue weighted by atomic mass is 9.76. The van der Waals surface area contributed by atoms with Crippen LogP contribution >= 0.6 is 11.3 Å². The van der Waals surface area contributed by atoms with Crippen LogP contribution in [0.5, 0.6) is 0 Å². The third-order valence-corrected chi connectivity index (χ3v) is 5.16. The molecule has 0 bridgehead atoms. The molecule has 2 heterocycles. The quantitative estimate of drug-likeness (QED) is 0.870. The van der Waals surface area contributed by atoms with Crippen LogP contribution in [-0.2, 0) is 11.2 Å². The van der Waals surface area contributed by atoms with Crippen LogP contribution in [-0.4, -0.2) is 30.8 Å². The van der Waals surface area contributed by atoms with Crippen molar-refractivity contribution >= 4 is 11.3 Å². The van der Waals surface area contributed by atoms with Crippen molar-refractivity contribution in [1.29, 1.82) is 0 Å². The number of hydrogen-bond donors (Lipinski definition) is 1. The highest BCUT2D eigenvalue weighted by molar-refractivity contribution is 7.09. The fraction of sp³-hybridized carbons (Fsp3) is 0.800. The van der Waals surface area contributed by atoms with E-state index in [0.29, 0.717) is 11.5 Å². The monoisotopic (exact) mass is 282 g/mol. The van der Waals surface area contributed by atoms with Crippen LogP contribution in [0.25, 0.3) is 0 Å². The first-order valence-corrected chi connectivity index (χ1v) is 8.19. The van der Waals surface area contributed by atoms with Crippen molar-refractivity contribution in [3.05, 3.63) is 16.1 Å². The molecule has 2 rings (SSSR count). The Kier molecular flexibility index (Phi) is 5.37. The van der Waals surface area contributed by atoms with Crippen LogP contribution in [0, 0.1) is 12.3 Å². The number of aryl methyl sites for hydroxylation is 2. The summed E-state index contributed by atoms with van der Waals surface area (Å²) in [7, 11) is 0. The van der Waals surface area contributed by atoms with E-state index in [0.717, 1.165) is 26.2 Å². The first kappa shape index (κ1) is 14.9. The lowest BCUT2D eigenvalue weighted by molar-refractivity contribution is 0.00978. The van der Waals surface area contributed by atoms with Gasteiger partial charge in [-0.1, -0.05) is 13.8 Å². The maximum atomic E-state index is 5.55. The van der Waals surface area contributed by atoms with Gasteiger partial charge in [0.1, 0.15) is 0 Å². The smallest absolute Gasteiger partial charge is 0.0797 e. The number of nitrogens with zero attached hydrogens (tertiary/aromatic N) is 1. The van der Waals surface area contributed by atoms with Crippen molar-refractivity contribution in [2.24, 2.45) is 5.41 Å². The largest absolute Gasteiger partial charge is 0.381 e. The molecule has 1 aliphatic rings. The Morgan fingerprint density at radius 1 is 1.42 bits per heavy atom. The molecule has 0 aromatic carbocycles. The molecular weight excluding hydrogens is 256 g/mol. The van der Waals surface area contributed by atoms with Gasteiger partial charge < -0.3 is 10.1 Å². The zero-order valence-electron chi connectivity index (χ0n) is 12.4. The second-order valence-electron chi connectivity index (χ2n) is 6.01. The summed E-state index contributed by atoms with van der Waals surface area (Å²) in [5, 5.41) is 3.63. The van der Waals surface area contributed by atoms with E-state index in [9.17, 15) is 0 Å². The first-order valence-electron chi connectivity index (χ1n) is 7.31. The van der Waals surface area contributed by atoms with Crippen LogP contribution in [0.1, 0.15) is 43.7 Å². The van der Waals surface area contributed by atoms with Gasteiger partial charge in [0.15, 0.2) is 0 Å². The molecule has 3 nitrogen and oxygen atoms in total. The van der Waals surface area contributed by atoms with E-state index >= 15 is 0 Å². The highest BCUT2D eigenvalue weighted by Gasteiger charge is 2.32. The van der Waals surface area contributed by atoms with Crippen molar-refractivity contribution < 1.29 is 4.74 Å². The molecule has 1 N–H and O–H groups in total. The predicted molar refractivity (Wildman–Crippen MR) is 80.8 cm³/mol. The predicted octanol–water partition coefficient (Wildman–Crippen LogP) is 3.18. The van der Waals surface area contributed by atoms with Crippen LogP contribution in [0.3, 0.4) is 0 Å². The van der Waals surface area contributed by atoms with Gasteiger partial charge in [0.25, 0.3) is 0 Å². The molecule has 0 saturated carbocycles. The topological polar surface area (TPSA) is 34.2 Å². The summed E-state index contributed by atoms with van der Waals surface area (Å²) in [6.45, 7) is 9.52. The van der Waals surface area contributed by atoms with Crippen LogP contribution in [0.2, 0.25) is 0 Å². The van der Waals surface area contributed by atoms with Crippen LogP contribution in [0.4, 0.5) is 0 Å². The summed E-state index contributed by atoms with van der Waals surface area (Å²) in [6.07, 6.45) is 4.78. The molecule has 0 atom stereocenters. The Balaban J connectivity index is 1.95. The number of ether oxygens (including phenoxy) is 1. The van der Waals surface area contributed by atoms with E-state index < -0.39 is 0 Å². The SMILES string of the molecule is Cc1ncsc1CCC1(CNC(C)C)CCOCC1. The Morgan fingerprint density at radius 3 is 2.74 bits per heavy atom. The van der Waals surface area contributed by atoms with Gasteiger partial charge in [-0.25, -0.2) is 4.98 Å². The Labute approximate surface area is 120 Å². The fourth-order valence-electron chi connectivity index (χ4n) is 2.69. The molecule has 1 aromatic rings. The Morgan fingerprint density at radius 2 is 2.16 bits per heavy atom. The maximum Gasteiger partial charge on any atom is 0.0797 e. The van der Waals surface area contributed by atoms with Gasteiger partial charge in [0.2, 0.25) is 0 Å². The van der Waals surface area contributed by atoms with E-state index in [1.165, 1.54) is 29.8 Å². The Bertz CT molecular complexity index is 383. The minimum Gasteiger partial charge on any atom is -0.381 e. The van der Waals surface area contributed by atoms with E-state index in [1.54, 1.807) is 11.3 Å². The standard InChI is InChI=1S/C15H26N2OS/c1-12(2)16-10-15(6-8-18-9-7-15)5-4-14-13(3)17-11-19-14/h11-12,16H,4-10H2,1-3H3. The first-order chi connectivity index (χ1) is 9.11. The van der Waals surface area contributed by atoms with Gasteiger partial charge in [-0.05, 0) is 38.0 Å². The second-order valence-corrected chi connectivity index (χ2v) is 6.95. The van der Waals surface area contributed by atoms with Crippen molar-refractivity contribution in [3.8, 4) is 0 Å². The number of aromatic nitrogens is 1. The van der Waals surface area contributed by atoms with Crippen LogP contribution < -0.4 is 5.32 Å². The third kappa shape index (κ3) is 4.26. The highest BCUT2D eigenvalue weighted by Crippen LogP contribution is 2.35. The number of nitrogens with one attached hydrogen (secondary N) is 1. The van der Waals surface area contributed by atoms with E-state index in [1.807, 2.05) is 5.51 Å². The van der Waals surface area contributed by atoms with Crippen molar-refractivity contribution in [1.82, 2.24) is 10.3 Å². The van der Waals surface area contributed by atoms with E-state index in [2.05, 4.69) is 31.1 Å². The molecule has 4 heteroatoms. The minimum absolute atomic E-state index is 0.416. The summed E-state index contributed by atoms with van der Waals surface area (Å²) in [5.41, 5.74) is 3.59. The van der Waals surface area contributed by atoms with Crippen LogP contribution in [0.15, 0.2) is 5.51 Å². The maximum absolute atomic E-state index is 5.55. The molecule has 0 aliphatic carbocycles. The van der Waals surface area contributed by atoms with Gasteiger partial charge in [-0.15, -0.1) is 11.3 Å². The molecule has 0 amide bonds. The molecule has 1 saturated heterocycles. The molecule has 1 aromatic heterocycles. The average molecular weight is 282 g/mol. The summed E-state index contributed by atoms with van der Waals surface area (Å²) in [6, 6.07) is 0.560. The summed E-state index contributed by atoms with van der Waals surface area (Å²) >= 11 is 1.80. The summed E-state index contributed by atoms with van der Waals surface area (Å²) in [4.78, 5) is 5.81. The number of thiazole rings is 1. The normalized spacial score (nSPS) is 18.9. The summed E-state index contributed by atoms with van der Waals surface area (Å²) < 4.78 is 5.55. The molecular formula is C15H26N2OS. The molecule has 1 aliphatic heterocycles. The average Bonchev–Trinajstić information content (AvgIpc) is 2.81. The van der Waals surface area contributed by atoms with E-state index in [-0.39, 0.29) is 0 Å². The molecule has 19 heavy (non-hydrogen) atoms. The second kappa shape index (κ2) is 6.82. The van der Waals surface area contributed by atoms with E-state index in [4.69, 9.17) is 4.74 Å².